The van der Waals surface area contributed by atoms with Crippen molar-refractivity contribution in [1.29, 1.82) is 0 Å². The summed E-state index contributed by atoms with van der Waals surface area (Å²) in [5.41, 5.74) is 2.18. The van der Waals surface area contributed by atoms with Gasteiger partial charge in [-0.2, -0.15) is 0 Å². The fourth-order valence-corrected chi connectivity index (χ4v) is 3.01. The van der Waals surface area contributed by atoms with Crippen molar-refractivity contribution in [3.05, 3.63) is 69.2 Å². The van der Waals surface area contributed by atoms with E-state index < -0.39 is 6.04 Å². The van der Waals surface area contributed by atoms with E-state index in [0.29, 0.717) is 15.6 Å². The molecule has 0 aliphatic heterocycles. The predicted octanol–water partition coefficient (Wildman–Crippen LogP) is 4.37. The Morgan fingerprint density at radius 3 is 2.38 bits per heavy atom. The fraction of sp³-hybridized carbons (Fsp3) is 0.300. The van der Waals surface area contributed by atoms with E-state index in [1.165, 1.54) is 0 Å². The van der Waals surface area contributed by atoms with E-state index in [0.717, 1.165) is 11.1 Å². The van der Waals surface area contributed by atoms with Crippen LogP contribution in [0, 0.1) is 12.8 Å². The lowest BCUT2D eigenvalue weighted by Gasteiger charge is -2.22. The number of benzene rings is 2. The van der Waals surface area contributed by atoms with Gasteiger partial charge >= 0.3 is 0 Å². The van der Waals surface area contributed by atoms with Crippen molar-refractivity contribution in [3.63, 3.8) is 0 Å². The van der Waals surface area contributed by atoms with Gasteiger partial charge in [-0.3, -0.25) is 9.59 Å². The van der Waals surface area contributed by atoms with E-state index in [1.54, 1.807) is 30.3 Å². The molecular formula is C20H22Cl2N2O2. The van der Waals surface area contributed by atoms with Gasteiger partial charge in [0, 0.05) is 22.2 Å². The number of hydrogen-bond acceptors (Lipinski definition) is 2. The Bertz CT molecular complexity index is 806. The van der Waals surface area contributed by atoms with E-state index in [2.05, 4.69) is 10.6 Å². The molecule has 2 aromatic rings. The van der Waals surface area contributed by atoms with E-state index in [9.17, 15) is 9.59 Å². The van der Waals surface area contributed by atoms with Crippen molar-refractivity contribution in [3.8, 4) is 0 Å². The Labute approximate surface area is 163 Å². The summed E-state index contributed by atoms with van der Waals surface area (Å²) in [6.45, 7) is 5.90. The minimum Gasteiger partial charge on any atom is -0.350 e. The molecule has 2 rings (SSSR count). The highest BCUT2D eigenvalue weighted by Crippen LogP contribution is 2.20. The van der Waals surface area contributed by atoms with Crippen LogP contribution in [-0.2, 0) is 11.3 Å². The van der Waals surface area contributed by atoms with Crippen molar-refractivity contribution in [2.24, 2.45) is 5.92 Å². The Morgan fingerprint density at radius 1 is 1.08 bits per heavy atom. The van der Waals surface area contributed by atoms with E-state index >= 15 is 0 Å². The van der Waals surface area contributed by atoms with Crippen molar-refractivity contribution >= 4 is 35.0 Å². The standard InChI is InChI=1S/C20H22Cl2N2O2/c1-12(2)18(24-19(25)16-7-5-4-6-13(16)3)20(26)23-11-14-8-9-15(21)10-17(14)22/h4-10,12,18H,11H2,1-3H3,(H,23,26)(H,24,25). The van der Waals surface area contributed by atoms with Gasteiger partial charge in [0.2, 0.25) is 5.91 Å². The molecule has 0 saturated carbocycles. The highest BCUT2D eigenvalue weighted by Gasteiger charge is 2.25. The molecule has 0 aromatic heterocycles. The van der Waals surface area contributed by atoms with E-state index in [1.807, 2.05) is 32.9 Å². The topological polar surface area (TPSA) is 58.2 Å². The zero-order chi connectivity index (χ0) is 19.3. The van der Waals surface area contributed by atoms with Gasteiger partial charge in [0.25, 0.3) is 5.91 Å². The quantitative estimate of drug-likeness (QED) is 0.766. The predicted molar refractivity (Wildman–Crippen MR) is 106 cm³/mol. The normalized spacial score (nSPS) is 11.9. The molecule has 0 radical (unpaired) electrons. The van der Waals surface area contributed by atoms with Gasteiger partial charge in [0.1, 0.15) is 6.04 Å². The third-order valence-corrected chi connectivity index (χ3v) is 4.68. The van der Waals surface area contributed by atoms with E-state index in [-0.39, 0.29) is 24.3 Å². The maximum absolute atomic E-state index is 12.6. The van der Waals surface area contributed by atoms with Crippen LogP contribution in [0.1, 0.15) is 35.3 Å². The van der Waals surface area contributed by atoms with Crippen LogP contribution in [-0.4, -0.2) is 17.9 Å². The Morgan fingerprint density at radius 2 is 1.77 bits per heavy atom. The van der Waals surface area contributed by atoms with Crippen LogP contribution in [0.2, 0.25) is 10.0 Å². The molecule has 0 aliphatic carbocycles. The molecule has 2 amide bonds. The summed E-state index contributed by atoms with van der Waals surface area (Å²) in [4.78, 5) is 25.1. The van der Waals surface area contributed by atoms with Crippen LogP contribution in [0.5, 0.6) is 0 Å². The Balaban J connectivity index is 2.05. The number of rotatable bonds is 6. The maximum atomic E-state index is 12.6. The lowest BCUT2D eigenvalue weighted by atomic mass is 10.0. The molecule has 0 saturated heterocycles. The Kier molecular flexibility index (Phi) is 7.06. The molecule has 1 unspecified atom stereocenters. The second kappa shape index (κ2) is 9.06. The SMILES string of the molecule is Cc1ccccc1C(=O)NC(C(=O)NCc1ccc(Cl)cc1Cl)C(C)C. The van der Waals surface area contributed by atoms with Crippen molar-refractivity contribution in [2.45, 2.75) is 33.4 Å². The lowest BCUT2D eigenvalue weighted by Crippen LogP contribution is -2.49. The monoisotopic (exact) mass is 392 g/mol. The smallest absolute Gasteiger partial charge is 0.252 e. The first-order chi connectivity index (χ1) is 12.3. The summed E-state index contributed by atoms with van der Waals surface area (Å²) >= 11 is 12.0. The molecule has 1 atom stereocenters. The van der Waals surface area contributed by atoms with Gasteiger partial charge in [-0.15, -0.1) is 0 Å². The summed E-state index contributed by atoms with van der Waals surface area (Å²) in [7, 11) is 0. The largest absolute Gasteiger partial charge is 0.350 e. The molecule has 2 aromatic carbocycles. The minimum atomic E-state index is -0.645. The number of halogens is 2. The number of amides is 2. The van der Waals surface area contributed by atoms with Crippen molar-refractivity contribution < 1.29 is 9.59 Å². The first-order valence-electron chi connectivity index (χ1n) is 8.37. The molecule has 0 heterocycles. The molecule has 0 fully saturated rings. The van der Waals surface area contributed by atoms with Gasteiger partial charge in [0.15, 0.2) is 0 Å². The number of nitrogens with one attached hydrogen (secondary N) is 2. The average molecular weight is 393 g/mol. The van der Waals surface area contributed by atoms with Gasteiger partial charge in [-0.1, -0.05) is 61.3 Å². The molecule has 4 nitrogen and oxygen atoms in total. The maximum Gasteiger partial charge on any atom is 0.252 e. The van der Waals surface area contributed by atoms with Crippen LogP contribution in [0.25, 0.3) is 0 Å². The first-order valence-corrected chi connectivity index (χ1v) is 9.13. The molecular weight excluding hydrogens is 371 g/mol. The highest BCUT2D eigenvalue weighted by atomic mass is 35.5. The van der Waals surface area contributed by atoms with Crippen molar-refractivity contribution in [1.82, 2.24) is 10.6 Å². The molecule has 6 heteroatoms. The summed E-state index contributed by atoms with van der Waals surface area (Å²) < 4.78 is 0. The molecule has 0 aliphatic rings. The third-order valence-electron chi connectivity index (χ3n) is 4.09. The summed E-state index contributed by atoms with van der Waals surface area (Å²) in [5.74, 6) is -0.585. The Hall–Kier alpha value is -2.04. The van der Waals surface area contributed by atoms with Gasteiger partial charge in [-0.25, -0.2) is 0 Å². The van der Waals surface area contributed by atoms with E-state index in [4.69, 9.17) is 23.2 Å². The molecule has 0 bridgehead atoms. The van der Waals surface area contributed by atoms with Crippen LogP contribution >= 0.6 is 23.2 Å². The number of carbonyl (C=O) groups excluding carboxylic acids is 2. The molecule has 138 valence electrons. The molecule has 2 N–H and O–H groups in total. The second-order valence-electron chi connectivity index (χ2n) is 6.46. The number of carbonyl (C=O) groups is 2. The van der Waals surface area contributed by atoms with Crippen molar-refractivity contribution in [2.75, 3.05) is 0 Å². The van der Waals surface area contributed by atoms with Gasteiger partial charge in [0.05, 0.1) is 0 Å². The lowest BCUT2D eigenvalue weighted by molar-refractivity contribution is -0.124. The molecule has 26 heavy (non-hydrogen) atoms. The highest BCUT2D eigenvalue weighted by molar-refractivity contribution is 6.35. The molecule has 0 spiro atoms. The average Bonchev–Trinajstić information content (AvgIpc) is 2.58. The third kappa shape index (κ3) is 5.23. The summed E-state index contributed by atoms with van der Waals surface area (Å²) in [6.07, 6.45) is 0. The second-order valence-corrected chi connectivity index (χ2v) is 7.31. The summed E-state index contributed by atoms with van der Waals surface area (Å²) in [6, 6.07) is 11.7. The fourth-order valence-electron chi connectivity index (χ4n) is 2.54. The van der Waals surface area contributed by atoms with Gasteiger partial charge in [-0.05, 0) is 42.2 Å². The zero-order valence-corrected chi connectivity index (χ0v) is 16.5. The van der Waals surface area contributed by atoms with Crippen LogP contribution in [0.3, 0.4) is 0 Å². The minimum absolute atomic E-state index is 0.0661. The zero-order valence-electron chi connectivity index (χ0n) is 15.0. The first kappa shape index (κ1) is 20.3. The van der Waals surface area contributed by atoms with Gasteiger partial charge < -0.3 is 10.6 Å². The van der Waals surface area contributed by atoms with Crippen LogP contribution in [0.4, 0.5) is 0 Å². The number of hydrogen-bond donors (Lipinski definition) is 2. The summed E-state index contributed by atoms with van der Waals surface area (Å²) in [5, 5.41) is 6.69. The van der Waals surface area contributed by atoms with Crippen LogP contribution < -0.4 is 10.6 Å². The van der Waals surface area contributed by atoms with Crippen LogP contribution in [0.15, 0.2) is 42.5 Å². The number of aryl methyl sites for hydroxylation is 1.